The summed E-state index contributed by atoms with van der Waals surface area (Å²) < 4.78 is 5.74. The standard InChI is InChI=1S/C20H19ClN2O/c21-17-9-11-18(12-10-17)24-15-14-23-20(16-6-2-1-3-7-16)19-8-4-5-13-22-19/h1-13,20,23H,14-15H2. The number of ether oxygens (including phenoxy) is 1. The van der Waals surface area contributed by atoms with Crippen LogP contribution in [0, 0.1) is 0 Å². The minimum absolute atomic E-state index is 0.0428. The minimum Gasteiger partial charge on any atom is -0.492 e. The Bertz CT molecular complexity index is 693. The smallest absolute Gasteiger partial charge is 0.119 e. The zero-order valence-corrected chi connectivity index (χ0v) is 14.0. The van der Waals surface area contributed by atoms with Gasteiger partial charge in [-0.2, -0.15) is 0 Å². The molecule has 1 aromatic heterocycles. The Hall–Kier alpha value is -2.36. The molecule has 1 atom stereocenters. The number of pyridine rings is 1. The summed E-state index contributed by atoms with van der Waals surface area (Å²) in [6, 6.07) is 23.7. The van der Waals surface area contributed by atoms with Crippen molar-refractivity contribution in [3.8, 4) is 5.75 Å². The summed E-state index contributed by atoms with van der Waals surface area (Å²) in [4.78, 5) is 4.48. The van der Waals surface area contributed by atoms with Crippen molar-refractivity contribution in [3.63, 3.8) is 0 Å². The summed E-state index contributed by atoms with van der Waals surface area (Å²) in [7, 11) is 0. The summed E-state index contributed by atoms with van der Waals surface area (Å²) in [5.41, 5.74) is 2.18. The van der Waals surface area contributed by atoms with E-state index in [1.165, 1.54) is 5.56 Å². The van der Waals surface area contributed by atoms with Crippen molar-refractivity contribution in [2.45, 2.75) is 6.04 Å². The Morgan fingerprint density at radius 1 is 0.917 bits per heavy atom. The van der Waals surface area contributed by atoms with Gasteiger partial charge in [0.15, 0.2) is 0 Å². The number of nitrogens with one attached hydrogen (secondary N) is 1. The van der Waals surface area contributed by atoms with Gasteiger partial charge in [-0.15, -0.1) is 0 Å². The molecule has 0 aliphatic carbocycles. The highest BCUT2D eigenvalue weighted by Crippen LogP contribution is 2.20. The first-order valence-corrected chi connectivity index (χ1v) is 8.28. The number of rotatable bonds is 7. The molecule has 24 heavy (non-hydrogen) atoms. The van der Waals surface area contributed by atoms with Crippen molar-refractivity contribution >= 4 is 11.6 Å². The van der Waals surface area contributed by atoms with Crippen LogP contribution in [0.25, 0.3) is 0 Å². The minimum atomic E-state index is 0.0428. The second-order valence-corrected chi connectivity index (χ2v) is 5.79. The SMILES string of the molecule is Clc1ccc(OCCNC(c2ccccc2)c2ccccn2)cc1. The number of aromatic nitrogens is 1. The summed E-state index contributed by atoms with van der Waals surface area (Å²) in [5.74, 6) is 0.815. The first-order chi connectivity index (χ1) is 11.8. The molecule has 0 amide bonds. The molecule has 0 saturated heterocycles. The van der Waals surface area contributed by atoms with Crippen LogP contribution in [0.3, 0.4) is 0 Å². The van der Waals surface area contributed by atoms with Gasteiger partial charge in [0.1, 0.15) is 12.4 Å². The second kappa shape index (κ2) is 8.48. The number of hydrogen-bond acceptors (Lipinski definition) is 3. The Morgan fingerprint density at radius 3 is 2.38 bits per heavy atom. The van der Waals surface area contributed by atoms with Crippen LogP contribution < -0.4 is 10.1 Å². The maximum atomic E-state index is 5.88. The normalized spacial score (nSPS) is 11.9. The van der Waals surface area contributed by atoms with Crippen LogP contribution in [-0.2, 0) is 0 Å². The quantitative estimate of drug-likeness (QED) is 0.644. The van der Waals surface area contributed by atoms with E-state index in [1.807, 2.05) is 66.9 Å². The Kier molecular flexibility index (Phi) is 5.83. The van der Waals surface area contributed by atoms with Gasteiger partial charge >= 0.3 is 0 Å². The lowest BCUT2D eigenvalue weighted by molar-refractivity contribution is 0.309. The van der Waals surface area contributed by atoms with E-state index in [-0.39, 0.29) is 6.04 Å². The highest BCUT2D eigenvalue weighted by molar-refractivity contribution is 6.30. The number of hydrogen-bond donors (Lipinski definition) is 1. The van der Waals surface area contributed by atoms with Crippen LogP contribution in [0.15, 0.2) is 79.0 Å². The van der Waals surface area contributed by atoms with E-state index in [4.69, 9.17) is 16.3 Å². The van der Waals surface area contributed by atoms with E-state index < -0.39 is 0 Å². The fourth-order valence-corrected chi connectivity index (χ4v) is 2.61. The van der Waals surface area contributed by atoms with Crippen LogP contribution >= 0.6 is 11.6 Å². The molecule has 0 bridgehead atoms. The third-order valence-corrected chi connectivity index (χ3v) is 3.90. The average molecular weight is 339 g/mol. The van der Waals surface area contributed by atoms with Gasteiger partial charge in [0, 0.05) is 17.8 Å². The van der Waals surface area contributed by atoms with E-state index in [9.17, 15) is 0 Å². The molecule has 1 heterocycles. The molecule has 4 heteroatoms. The van der Waals surface area contributed by atoms with E-state index in [0.29, 0.717) is 18.2 Å². The van der Waals surface area contributed by atoms with Crippen LogP contribution in [0.4, 0.5) is 0 Å². The number of nitrogens with zero attached hydrogens (tertiary/aromatic N) is 1. The molecular weight excluding hydrogens is 320 g/mol. The predicted molar refractivity (Wildman–Crippen MR) is 97.5 cm³/mol. The third-order valence-electron chi connectivity index (χ3n) is 3.65. The molecular formula is C20H19ClN2O. The van der Waals surface area contributed by atoms with Gasteiger partial charge in [-0.05, 0) is 42.0 Å². The summed E-state index contributed by atoms with van der Waals surface area (Å²) in [5, 5.41) is 4.23. The molecule has 2 aromatic carbocycles. The van der Waals surface area contributed by atoms with E-state index in [1.54, 1.807) is 0 Å². The lowest BCUT2D eigenvalue weighted by Gasteiger charge is -2.19. The first-order valence-electron chi connectivity index (χ1n) is 7.90. The van der Waals surface area contributed by atoms with Crippen molar-refractivity contribution in [2.75, 3.05) is 13.2 Å². The third kappa shape index (κ3) is 4.57. The van der Waals surface area contributed by atoms with Gasteiger partial charge in [0.05, 0.1) is 11.7 Å². The van der Waals surface area contributed by atoms with Crippen molar-refractivity contribution in [2.24, 2.45) is 0 Å². The Morgan fingerprint density at radius 2 is 1.67 bits per heavy atom. The Labute approximate surface area is 147 Å². The Balaban J connectivity index is 1.61. The zero-order valence-electron chi connectivity index (χ0n) is 13.2. The van der Waals surface area contributed by atoms with Gasteiger partial charge in [-0.1, -0.05) is 48.0 Å². The molecule has 0 aliphatic rings. The van der Waals surface area contributed by atoms with Crippen molar-refractivity contribution < 1.29 is 4.74 Å². The maximum absolute atomic E-state index is 5.88. The van der Waals surface area contributed by atoms with Crippen LogP contribution in [0.1, 0.15) is 17.3 Å². The van der Waals surface area contributed by atoms with Crippen molar-refractivity contribution in [1.82, 2.24) is 10.3 Å². The number of benzene rings is 2. The molecule has 1 unspecified atom stereocenters. The highest BCUT2D eigenvalue weighted by atomic mass is 35.5. The fourth-order valence-electron chi connectivity index (χ4n) is 2.49. The first kappa shape index (κ1) is 16.5. The van der Waals surface area contributed by atoms with Crippen molar-refractivity contribution in [1.29, 1.82) is 0 Å². The molecule has 0 spiro atoms. The van der Waals surface area contributed by atoms with Crippen LogP contribution in [0.2, 0.25) is 5.02 Å². The fraction of sp³-hybridized carbons (Fsp3) is 0.150. The van der Waals surface area contributed by atoms with Crippen molar-refractivity contribution in [3.05, 3.63) is 95.3 Å². The molecule has 3 nitrogen and oxygen atoms in total. The van der Waals surface area contributed by atoms with Gasteiger partial charge in [-0.3, -0.25) is 4.98 Å². The molecule has 122 valence electrons. The van der Waals surface area contributed by atoms with Gasteiger partial charge in [0.25, 0.3) is 0 Å². The lowest BCUT2D eigenvalue weighted by Crippen LogP contribution is -2.27. The van der Waals surface area contributed by atoms with E-state index in [2.05, 4.69) is 22.4 Å². The van der Waals surface area contributed by atoms with Gasteiger partial charge in [-0.25, -0.2) is 0 Å². The monoisotopic (exact) mass is 338 g/mol. The summed E-state index contributed by atoms with van der Waals surface area (Å²) in [6.45, 7) is 1.27. The lowest BCUT2D eigenvalue weighted by atomic mass is 10.0. The summed E-state index contributed by atoms with van der Waals surface area (Å²) in [6.07, 6.45) is 1.82. The summed E-state index contributed by atoms with van der Waals surface area (Å²) >= 11 is 5.88. The molecule has 0 radical (unpaired) electrons. The molecule has 3 aromatic rings. The highest BCUT2D eigenvalue weighted by Gasteiger charge is 2.14. The van der Waals surface area contributed by atoms with Crippen LogP contribution in [0.5, 0.6) is 5.75 Å². The topological polar surface area (TPSA) is 34.1 Å². The molecule has 3 rings (SSSR count). The second-order valence-electron chi connectivity index (χ2n) is 5.35. The largest absolute Gasteiger partial charge is 0.492 e. The number of halogens is 1. The van der Waals surface area contributed by atoms with Gasteiger partial charge in [0.2, 0.25) is 0 Å². The molecule has 0 aliphatic heterocycles. The van der Waals surface area contributed by atoms with Gasteiger partial charge < -0.3 is 10.1 Å². The molecule has 0 saturated carbocycles. The van der Waals surface area contributed by atoms with E-state index >= 15 is 0 Å². The zero-order chi connectivity index (χ0) is 16.6. The molecule has 1 N–H and O–H groups in total. The predicted octanol–water partition coefficient (Wildman–Crippen LogP) is 4.49. The maximum Gasteiger partial charge on any atom is 0.119 e. The average Bonchev–Trinajstić information content (AvgIpc) is 2.65. The molecule has 0 fully saturated rings. The van der Waals surface area contributed by atoms with Crippen LogP contribution in [-0.4, -0.2) is 18.1 Å². The van der Waals surface area contributed by atoms with E-state index in [0.717, 1.165) is 11.4 Å².